The van der Waals surface area contributed by atoms with Gasteiger partial charge in [-0.25, -0.2) is 4.98 Å². The number of hydrogen-bond donors (Lipinski definition) is 2. The Morgan fingerprint density at radius 3 is 2.72 bits per heavy atom. The summed E-state index contributed by atoms with van der Waals surface area (Å²) in [6.07, 6.45) is 1.34. The Bertz CT molecular complexity index is 1230. The van der Waals surface area contributed by atoms with Crippen LogP contribution in [0.4, 0.5) is 5.69 Å². The molecule has 0 aliphatic carbocycles. The summed E-state index contributed by atoms with van der Waals surface area (Å²) in [5, 5.41) is 7.36. The summed E-state index contributed by atoms with van der Waals surface area (Å²) in [5.41, 5.74) is 1.80. The second-order valence-electron chi connectivity index (χ2n) is 6.61. The SMILES string of the molecule is Cc1nc(-c2ccccc2NC(=O)CCCc2nc3ccccc3c(=O)[nH]2)no1. The Hall–Kier alpha value is -3.81. The minimum Gasteiger partial charge on any atom is -0.339 e. The van der Waals surface area contributed by atoms with Gasteiger partial charge in [-0.1, -0.05) is 29.4 Å². The molecular weight excluding hydrogens is 370 g/mol. The molecule has 0 saturated carbocycles. The van der Waals surface area contributed by atoms with Crippen molar-refractivity contribution in [2.45, 2.75) is 26.2 Å². The van der Waals surface area contributed by atoms with Crippen LogP contribution >= 0.6 is 0 Å². The zero-order chi connectivity index (χ0) is 20.2. The van der Waals surface area contributed by atoms with Gasteiger partial charge in [-0.3, -0.25) is 9.59 Å². The molecule has 1 amide bonds. The van der Waals surface area contributed by atoms with Crippen molar-refractivity contribution in [3.8, 4) is 11.4 Å². The van der Waals surface area contributed by atoms with E-state index in [0.717, 1.165) is 0 Å². The number of H-pyrrole nitrogens is 1. The van der Waals surface area contributed by atoms with E-state index < -0.39 is 0 Å². The molecule has 0 saturated heterocycles. The monoisotopic (exact) mass is 389 g/mol. The fourth-order valence-corrected chi connectivity index (χ4v) is 3.08. The van der Waals surface area contributed by atoms with Gasteiger partial charge in [-0.2, -0.15) is 4.98 Å². The molecule has 0 atom stereocenters. The number of carbonyl (C=O) groups excluding carboxylic acids is 1. The van der Waals surface area contributed by atoms with Gasteiger partial charge in [0.05, 0.1) is 16.6 Å². The Kier molecular flexibility index (Phi) is 5.15. The first-order valence-electron chi connectivity index (χ1n) is 9.27. The number of hydrogen-bond acceptors (Lipinski definition) is 6. The highest BCUT2D eigenvalue weighted by Gasteiger charge is 2.13. The molecule has 4 rings (SSSR count). The predicted molar refractivity (Wildman–Crippen MR) is 108 cm³/mol. The largest absolute Gasteiger partial charge is 0.339 e. The lowest BCUT2D eigenvalue weighted by Crippen LogP contribution is -2.14. The van der Waals surface area contributed by atoms with Gasteiger partial charge in [0.25, 0.3) is 5.56 Å². The molecule has 146 valence electrons. The number of carbonyl (C=O) groups is 1. The Labute approximate surface area is 166 Å². The summed E-state index contributed by atoms with van der Waals surface area (Å²) in [7, 11) is 0. The van der Waals surface area contributed by atoms with Crippen LogP contribution in [0.1, 0.15) is 24.6 Å². The number of aromatic nitrogens is 4. The van der Waals surface area contributed by atoms with Gasteiger partial charge in [-0.05, 0) is 30.7 Å². The van der Waals surface area contributed by atoms with Crippen LogP contribution in [0, 0.1) is 6.92 Å². The van der Waals surface area contributed by atoms with Crippen molar-refractivity contribution in [3.05, 3.63) is 70.6 Å². The van der Waals surface area contributed by atoms with E-state index >= 15 is 0 Å². The second kappa shape index (κ2) is 8.05. The summed E-state index contributed by atoms with van der Waals surface area (Å²) < 4.78 is 5.02. The number of aryl methyl sites for hydroxylation is 2. The zero-order valence-electron chi connectivity index (χ0n) is 15.8. The lowest BCUT2D eigenvalue weighted by atomic mass is 10.1. The number of amides is 1. The molecule has 0 spiro atoms. The van der Waals surface area contributed by atoms with Crippen LogP contribution in [0.5, 0.6) is 0 Å². The van der Waals surface area contributed by atoms with Crippen LogP contribution in [0.3, 0.4) is 0 Å². The number of para-hydroxylation sites is 2. The highest BCUT2D eigenvalue weighted by molar-refractivity contribution is 5.94. The van der Waals surface area contributed by atoms with Crippen LogP contribution in [0.25, 0.3) is 22.3 Å². The Morgan fingerprint density at radius 1 is 1.10 bits per heavy atom. The third kappa shape index (κ3) is 4.21. The normalized spacial score (nSPS) is 10.9. The summed E-state index contributed by atoms with van der Waals surface area (Å²) >= 11 is 0. The van der Waals surface area contributed by atoms with Gasteiger partial charge in [0, 0.05) is 25.3 Å². The van der Waals surface area contributed by atoms with E-state index in [1.807, 2.05) is 24.3 Å². The summed E-state index contributed by atoms with van der Waals surface area (Å²) in [5.74, 6) is 1.32. The van der Waals surface area contributed by atoms with Crippen molar-refractivity contribution in [1.29, 1.82) is 0 Å². The second-order valence-corrected chi connectivity index (χ2v) is 6.61. The van der Waals surface area contributed by atoms with Crippen molar-refractivity contribution in [2.24, 2.45) is 0 Å². The van der Waals surface area contributed by atoms with Crippen LogP contribution in [0.15, 0.2) is 57.8 Å². The van der Waals surface area contributed by atoms with Crippen LogP contribution < -0.4 is 10.9 Å². The summed E-state index contributed by atoms with van der Waals surface area (Å²) in [4.78, 5) is 36.0. The lowest BCUT2D eigenvalue weighted by Gasteiger charge is -2.08. The van der Waals surface area contributed by atoms with Crippen molar-refractivity contribution >= 4 is 22.5 Å². The first-order valence-corrected chi connectivity index (χ1v) is 9.27. The smallest absolute Gasteiger partial charge is 0.258 e. The number of nitrogens with one attached hydrogen (secondary N) is 2. The highest BCUT2D eigenvalue weighted by atomic mass is 16.5. The predicted octanol–water partition coefficient (Wildman–Crippen LogP) is 3.24. The topological polar surface area (TPSA) is 114 Å². The van der Waals surface area contributed by atoms with Crippen LogP contribution in [-0.4, -0.2) is 26.0 Å². The van der Waals surface area contributed by atoms with Gasteiger partial charge < -0.3 is 14.8 Å². The molecule has 0 aliphatic rings. The minimum absolute atomic E-state index is 0.138. The van der Waals surface area contributed by atoms with E-state index in [2.05, 4.69) is 25.4 Å². The molecule has 0 fully saturated rings. The fourth-order valence-electron chi connectivity index (χ4n) is 3.08. The van der Waals surface area contributed by atoms with Gasteiger partial charge in [0.2, 0.25) is 17.6 Å². The number of benzene rings is 2. The third-order valence-electron chi connectivity index (χ3n) is 4.45. The van der Waals surface area contributed by atoms with E-state index in [4.69, 9.17) is 4.52 Å². The molecule has 0 aliphatic heterocycles. The lowest BCUT2D eigenvalue weighted by molar-refractivity contribution is -0.116. The van der Waals surface area contributed by atoms with Gasteiger partial charge >= 0.3 is 0 Å². The third-order valence-corrected chi connectivity index (χ3v) is 4.45. The number of nitrogens with zero attached hydrogens (tertiary/aromatic N) is 3. The fraction of sp³-hybridized carbons (Fsp3) is 0.190. The van der Waals surface area contributed by atoms with Crippen molar-refractivity contribution in [1.82, 2.24) is 20.1 Å². The maximum atomic E-state index is 12.4. The maximum Gasteiger partial charge on any atom is 0.258 e. The van der Waals surface area contributed by atoms with E-state index in [1.54, 1.807) is 31.2 Å². The van der Waals surface area contributed by atoms with E-state index in [0.29, 0.717) is 52.5 Å². The van der Waals surface area contributed by atoms with Crippen LogP contribution in [-0.2, 0) is 11.2 Å². The quantitative estimate of drug-likeness (QED) is 0.523. The molecule has 2 aromatic carbocycles. The summed E-state index contributed by atoms with van der Waals surface area (Å²) in [6.45, 7) is 1.71. The highest BCUT2D eigenvalue weighted by Crippen LogP contribution is 2.25. The van der Waals surface area contributed by atoms with E-state index in [1.165, 1.54) is 0 Å². The van der Waals surface area contributed by atoms with Crippen molar-refractivity contribution in [2.75, 3.05) is 5.32 Å². The molecule has 4 aromatic rings. The van der Waals surface area contributed by atoms with Gasteiger partial charge in [0.15, 0.2) is 0 Å². The van der Waals surface area contributed by atoms with E-state index in [-0.39, 0.29) is 17.9 Å². The zero-order valence-corrected chi connectivity index (χ0v) is 15.8. The number of fused-ring (bicyclic) bond motifs is 1. The molecule has 8 nitrogen and oxygen atoms in total. The summed E-state index contributed by atoms with van der Waals surface area (Å²) in [6, 6.07) is 14.5. The van der Waals surface area contributed by atoms with Crippen LogP contribution in [0.2, 0.25) is 0 Å². The molecule has 8 heteroatoms. The average molecular weight is 389 g/mol. The van der Waals surface area contributed by atoms with E-state index in [9.17, 15) is 9.59 Å². The standard InChI is InChI=1S/C21H19N5O3/c1-13-22-20(26-29-13)14-7-2-4-9-16(14)24-19(27)12-6-11-18-23-17-10-5-3-8-15(17)21(28)25-18/h2-5,7-10H,6,11-12H2,1H3,(H,24,27)(H,23,25,28). The first kappa shape index (κ1) is 18.5. The first-order chi connectivity index (χ1) is 14.1. The number of aromatic amines is 1. The molecule has 0 bridgehead atoms. The number of anilines is 1. The average Bonchev–Trinajstić information content (AvgIpc) is 3.14. The van der Waals surface area contributed by atoms with Crippen molar-refractivity contribution in [3.63, 3.8) is 0 Å². The molecular formula is C21H19N5O3. The minimum atomic E-state index is -0.167. The van der Waals surface area contributed by atoms with Crippen molar-refractivity contribution < 1.29 is 9.32 Å². The Morgan fingerprint density at radius 2 is 1.90 bits per heavy atom. The molecule has 0 radical (unpaired) electrons. The molecule has 2 N–H and O–H groups in total. The molecule has 29 heavy (non-hydrogen) atoms. The molecule has 0 unspecified atom stereocenters. The maximum absolute atomic E-state index is 12.4. The van der Waals surface area contributed by atoms with Gasteiger partial charge in [0.1, 0.15) is 5.82 Å². The Balaban J connectivity index is 1.40. The number of rotatable bonds is 6. The van der Waals surface area contributed by atoms with Gasteiger partial charge in [-0.15, -0.1) is 0 Å². The molecule has 2 aromatic heterocycles. The molecule has 2 heterocycles.